The summed E-state index contributed by atoms with van der Waals surface area (Å²) in [6.07, 6.45) is 3.31. The number of rotatable bonds is 2. The van der Waals surface area contributed by atoms with Gasteiger partial charge in [-0.05, 0) is 32.4 Å². The topological polar surface area (TPSA) is 23.5 Å². The van der Waals surface area contributed by atoms with Crippen LogP contribution in [-0.2, 0) is 0 Å². The number of β-amino-alcohol motifs (C(OH)–C–C–N with tert-alkyl or cyclic N) is 1. The van der Waals surface area contributed by atoms with Crippen LogP contribution in [0.4, 0.5) is 0 Å². The molecule has 1 aliphatic heterocycles. The maximum atomic E-state index is 9.26. The van der Waals surface area contributed by atoms with E-state index in [0.717, 1.165) is 19.5 Å². The molecule has 2 nitrogen and oxygen atoms in total. The molecule has 1 heterocycles. The van der Waals surface area contributed by atoms with Crippen molar-refractivity contribution < 1.29 is 5.11 Å². The number of likely N-dealkylation sites (tertiary alicyclic amines) is 1. The van der Waals surface area contributed by atoms with Crippen LogP contribution < -0.4 is 0 Å². The quantitative estimate of drug-likeness (QED) is 0.619. The van der Waals surface area contributed by atoms with Crippen LogP contribution in [0.2, 0.25) is 0 Å². The van der Waals surface area contributed by atoms with E-state index in [1.165, 1.54) is 19.4 Å². The summed E-state index contributed by atoms with van der Waals surface area (Å²) in [7, 11) is 0. The Kier molecular flexibility index (Phi) is 3.16. The van der Waals surface area contributed by atoms with Gasteiger partial charge in [-0.15, -0.1) is 0 Å². The lowest BCUT2D eigenvalue weighted by molar-refractivity contribution is 0.0709. The molecule has 0 aromatic heterocycles. The number of aliphatic hydroxyl groups excluding tert-OH is 1. The summed E-state index contributed by atoms with van der Waals surface area (Å²) in [5.74, 6) is 0. The van der Waals surface area contributed by atoms with E-state index in [1.54, 1.807) is 0 Å². The molecule has 2 heteroatoms. The molecule has 0 unspecified atom stereocenters. The van der Waals surface area contributed by atoms with Crippen LogP contribution in [0.3, 0.4) is 0 Å². The monoisotopic (exact) mass is 143 g/mol. The van der Waals surface area contributed by atoms with Gasteiger partial charge in [-0.3, -0.25) is 0 Å². The third kappa shape index (κ3) is 2.27. The summed E-state index contributed by atoms with van der Waals surface area (Å²) in [5, 5.41) is 9.26. The van der Waals surface area contributed by atoms with Crippen LogP contribution in [0.5, 0.6) is 0 Å². The van der Waals surface area contributed by atoms with Crippen molar-refractivity contribution >= 4 is 0 Å². The Labute approximate surface area is 62.8 Å². The van der Waals surface area contributed by atoms with Gasteiger partial charge in [-0.25, -0.2) is 0 Å². The summed E-state index contributed by atoms with van der Waals surface area (Å²) in [5.41, 5.74) is 0. The van der Waals surface area contributed by atoms with Crippen molar-refractivity contribution in [2.75, 3.05) is 19.6 Å². The van der Waals surface area contributed by atoms with E-state index in [0.29, 0.717) is 0 Å². The van der Waals surface area contributed by atoms with E-state index in [1.807, 2.05) is 0 Å². The van der Waals surface area contributed by atoms with E-state index in [2.05, 4.69) is 11.8 Å². The molecule has 60 valence electrons. The molecule has 1 saturated heterocycles. The second-order valence-electron chi connectivity index (χ2n) is 3.10. The van der Waals surface area contributed by atoms with Gasteiger partial charge < -0.3 is 10.0 Å². The predicted octanol–water partition coefficient (Wildman–Crippen LogP) is 0.853. The molecule has 0 amide bonds. The lowest BCUT2D eigenvalue weighted by Crippen LogP contribution is -2.38. The van der Waals surface area contributed by atoms with Gasteiger partial charge in [-0.2, -0.15) is 0 Å². The van der Waals surface area contributed by atoms with Gasteiger partial charge in [0, 0.05) is 6.54 Å². The van der Waals surface area contributed by atoms with Gasteiger partial charge in [0.2, 0.25) is 0 Å². The second-order valence-corrected chi connectivity index (χ2v) is 3.10. The molecule has 1 N–H and O–H groups in total. The summed E-state index contributed by atoms with van der Waals surface area (Å²) in [6, 6.07) is 0. The van der Waals surface area contributed by atoms with Crippen LogP contribution in [0, 0.1) is 0 Å². The Bertz CT molecular complexity index is 93.3. The van der Waals surface area contributed by atoms with Crippen molar-refractivity contribution in [3.05, 3.63) is 0 Å². The van der Waals surface area contributed by atoms with Gasteiger partial charge in [0.25, 0.3) is 0 Å². The number of piperidine rings is 1. The minimum atomic E-state index is -0.0553. The summed E-state index contributed by atoms with van der Waals surface area (Å²) in [4.78, 5) is 2.34. The molecular formula is C8H17NO. The Balaban J connectivity index is 2.18. The van der Waals surface area contributed by atoms with Gasteiger partial charge in [0.05, 0.1) is 6.10 Å². The van der Waals surface area contributed by atoms with Crippen molar-refractivity contribution in [3.8, 4) is 0 Å². The SMILES string of the molecule is CCCN1CCC[C@H](O)C1. The second kappa shape index (κ2) is 3.94. The van der Waals surface area contributed by atoms with Crippen molar-refractivity contribution in [2.24, 2.45) is 0 Å². The minimum absolute atomic E-state index is 0.0553. The molecule has 1 fully saturated rings. The largest absolute Gasteiger partial charge is 0.392 e. The number of hydrogen-bond acceptors (Lipinski definition) is 2. The molecular weight excluding hydrogens is 126 g/mol. The van der Waals surface area contributed by atoms with Crippen LogP contribution >= 0.6 is 0 Å². The number of aliphatic hydroxyl groups is 1. The highest BCUT2D eigenvalue weighted by molar-refractivity contribution is 4.70. The molecule has 1 rings (SSSR count). The molecule has 0 aromatic rings. The first-order chi connectivity index (χ1) is 4.83. The van der Waals surface area contributed by atoms with Crippen molar-refractivity contribution in [1.29, 1.82) is 0 Å². The third-order valence-corrected chi connectivity index (χ3v) is 2.02. The zero-order chi connectivity index (χ0) is 7.40. The molecule has 1 aliphatic rings. The molecule has 0 saturated carbocycles. The Morgan fingerprint density at radius 3 is 3.00 bits per heavy atom. The van der Waals surface area contributed by atoms with E-state index >= 15 is 0 Å². The number of nitrogens with zero attached hydrogens (tertiary/aromatic N) is 1. The summed E-state index contributed by atoms with van der Waals surface area (Å²) < 4.78 is 0. The molecule has 1 atom stereocenters. The zero-order valence-corrected chi connectivity index (χ0v) is 6.71. The van der Waals surface area contributed by atoms with Gasteiger partial charge in [-0.1, -0.05) is 6.92 Å². The van der Waals surface area contributed by atoms with E-state index < -0.39 is 0 Å². The minimum Gasteiger partial charge on any atom is -0.392 e. The maximum absolute atomic E-state index is 9.26. The van der Waals surface area contributed by atoms with Crippen molar-refractivity contribution in [1.82, 2.24) is 4.90 Å². The van der Waals surface area contributed by atoms with Crippen LogP contribution in [0.25, 0.3) is 0 Å². The molecule has 0 radical (unpaired) electrons. The molecule has 0 aliphatic carbocycles. The summed E-state index contributed by atoms with van der Waals surface area (Å²) >= 11 is 0. The van der Waals surface area contributed by atoms with E-state index in [-0.39, 0.29) is 6.10 Å². The van der Waals surface area contributed by atoms with Crippen LogP contribution in [-0.4, -0.2) is 35.7 Å². The lowest BCUT2D eigenvalue weighted by Gasteiger charge is -2.29. The highest BCUT2D eigenvalue weighted by Gasteiger charge is 2.15. The van der Waals surface area contributed by atoms with E-state index in [9.17, 15) is 5.11 Å². The molecule has 0 aromatic carbocycles. The lowest BCUT2D eigenvalue weighted by atomic mass is 10.1. The fourth-order valence-corrected chi connectivity index (χ4v) is 1.55. The maximum Gasteiger partial charge on any atom is 0.0667 e. The normalized spacial score (nSPS) is 28.8. The Morgan fingerprint density at radius 2 is 2.40 bits per heavy atom. The highest BCUT2D eigenvalue weighted by atomic mass is 16.3. The molecule has 0 spiro atoms. The molecule has 10 heavy (non-hydrogen) atoms. The van der Waals surface area contributed by atoms with Crippen molar-refractivity contribution in [3.63, 3.8) is 0 Å². The fourth-order valence-electron chi connectivity index (χ4n) is 1.55. The first-order valence-electron chi connectivity index (χ1n) is 4.23. The smallest absolute Gasteiger partial charge is 0.0667 e. The fraction of sp³-hybridized carbons (Fsp3) is 1.00. The standard InChI is InChI=1S/C8H17NO/c1-2-5-9-6-3-4-8(10)7-9/h8,10H,2-7H2,1H3/t8-/m0/s1. The zero-order valence-electron chi connectivity index (χ0n) is 6.71. The van der Waals surface area contributed by atoms with Crippen molar-refractivity contribution in [2.45, 2.75) is 32.3 Å². The van der Waals surface area contributed by atoms with E-state index in [4.69, 9.17) is 0 Å². The summed E-state index contributed by atoms with van der Waals surface area (Å²) in [6.45, 7) is 5.41. The molecule has 0 bridgehead atoms. The Hall–Kier alpha value is -0.0800. The van der Waals surface area contributed by atoms with Crippen LogP contribution in [0.15, 0.2) is 0 Å². The third-order valence-electron chi connectivity index (χ3n) is 2.02. The average molecular weight is 143 g/mol. The van der Waals surface area contributed by atoms with Crippen LogP contribution in [0.1, 0.15) is 26.2 Å². The van der Waals surface area contributed by atoms with Gasteiger partial charge in [0.15, 0.2) is 0 Å². The average Bonchev–Trinajstić information content (AvgIpc) is 1.88. The highest BCUT2D eigenvalue weighted by Crippen LogP contribution is 2.09. The Morgan fingerprint density at radius 1 is 1.60 bits per heavy atom. The van der Waals surface area contributed by atoms with Gasteiger partial charge in [0.1, 0.15) is 0 Å². The predicted molar refractivity (Wildman–Crippen MR) is 42.0 cm³/mol. The first-order valence-corrected chi connectivity index (χ1v) is 4.23. The number of hydrogen-bond donors (Lipinski definition) is 1. The first kappa shape index (κ1) is 8.02. The van der Waals surface area contributed by atoms with Gasteiger partial charge >= 0.3 is 0 Å².